The first-order chi connectivity index (χ1) is 14.9. The molecule has 0 aliphatic carbocycles. The molecule has 3 heterocycles. The van der Waals surface area contributed by atoms with E-state index < -0.39 is 11.7 Å². The zero-order chi connectivity index (χ0) is 21.6. The Labute approximate surface area is 173 Å². The average molecular weight is 424 g/mol. The van der Waals surface area contributed by atoms with Crippen LogP contribution in [0.25, 0.3) is 27.4 Å². The quantitative estimate of drug-likeness (QED) is 0.461. The molecule has 6 nitrogen and oxygen atoms in total. The highest BCUT2D eigenvalue weighted by molar-refractivity contribution is 6.08. The molecule has 0 aliphatic rings. The van der Waals surface area contributed by atoms with E-state index in [2.05, 4.69) is 15.5 Å². The summed E-state index contributed by atoms with van der Waals surface area (Å²) in [5.41, 5.74) is 0.869. The lowest BCUT2D eigenvalue weighted by Crippen LogP contribution is -2.25. The lowest BCUT2D eigenvalue weighted by molar-refractivity contribution is -0.137. The number of carbonyl (C=O) groups is 1. The van der Waals surface area contributed by atoms with Crippen LogP contribution in [-0.2, 0) is 23.9 Å². The third kappa shape index (κ3) is 3.48. The Kier molecular flexibility index (Phi) is 4.39. The summed E-state index contributed by atoms with van der Waals surface area (Å²) in [7, 11) is 0. The third-order valence-corrected chi connectivity index (χ3v) is 5.14. The van der Waals surface area contributed by atoms with Crippen molar-refractivity contribution in [1.29, 1.82) is 0 Å². The van der Waals surface area contributed by atoms with Gasteiger partial charge in [-0.3, -0.25) is 9.20 Å². The summed E-state index contributed by atoms with van der Waals surface area (Å²) in [6, 6.07) is 13.8. The maximum absolute atomic E-state index is 13.0. The van der Waals surface area contributed by atoms with Crippen molar-refractivity contribution < 1.29 is 22.4 Å². The number of pyridine rings is 1. The molecule has 0 saturated heterocycles. The summed E-state index contributed by atoms with van der Waals surface area (Å²) >= 11 is 0. The van der Waals surface area contributed by atoms with Crippen molar-refractivity contribution in [3.8, 4) is 0 Å². The van der Waals surface area contributed by atoms with Crippen molar-refractivity contribution in [3.63, 3.8) is 0 Å². The Balaban J connectivity index is 1.37. The van der Waals surface area contributed by atoms with Gasteiger partial charge in [0.15, 0.2) is 11.5 Å². The first-order valence-corrected chi connectivity index (χ1v) is 9.45. The molecule has 9 heteroatoms. The number of nitrogens with zero attached hydrogens (tertiary/aromatic N) is 3. The van der Waals surface area contributed by atoms with E-state index in [1.807, 2.05) is 36.4 Å². The van der Waals surface area contributed by atoms with Gasteiger partial charge < -0.3 is 9.73 Å². The molecule has 5 aromatic rings. The Morgan fingerprint density at radius 3 is 2.74 bits per heavy atom. The Morgan fingerprint density at radius 1 is 1.06 bits per heavy atom. The molecule has 0 fully saturated rings. The van der Waals surface area contributed by atoms with Gasteiger partial charge in [-0.05, 0) is 29.0 Å². The lowest BCUT2D eigenvalue weighted by atomic mass is 10.0. The summed E-state index contributed by atoms with van der Waals surface area (Å²) < 4.78 is 45.8. The summed E-state index contributed by atoms with van der Waals surface area (Å²) in [5, 5.41) is 13.3. The van der Waals surface area contributed by atoms with Crippen LogP contribution < -0.4 is 5.32 Å². The molecule has 5 rings (SSSR count). The second-order valence-corrected chi connectivity index (χ2v) is 7.13. The number of carbonyl (C=O) groups excluding carboxylic acids is 1. The number of halogens is 3. The minimum absolute atomic E-state index is 0.0577. The van der Waals surface area contributed by atoms with Gasteiger partial charge in [0.1, 0.15) is 5.58 Å². The summed E-state index contributed by atoms with van der Waals surface area (Å²) in [6.45, 7) is -0.0577. The van der Waals surface area contributed by atoms with Gasteiger partial charge in [-0.25, -0.2) is 0 Å². The SMILES string of the molecule is O=C(Cc1coc2ccc3ccccc3c12)NCc1nnc2ccc(C(F)(F)F)cn12. The highest BCUT2D eigenvalue weighted by Crippen LogP contribution is 2.30. The third-order valence-electron chi connectivity index (χ3n) is 5.14. The molecule has 0 bridgehead atoms. The average Bonchev–Trinajstić information content (AvgIpc) is 3.35. The van der Waals surface area contributed by atoms with Crippen LogP contribution >= 0.6 is 0 Å². The fourth-order valence-corrected chi connectivity index (χ4v) is 3.64. The maximum atomic E-state index is 13.0. The van der Waals surface area contributed by atoms with Crippen LogP contribution in [-0.4, -0.2) is 20.5 Å². The molecule has 3 aromatic heterocycles. The second kappa shape index (κ2) is 7.12. The monoisotopic (exact) mass is 424 g/mol. The van der Waals surface area contributed by atoms with Crippen LogP contribution in [0.2, 0.25) is 0 Å². The summed E-state index contributed by atoms with van der Waals surface area (Å²) in [6.07, 6.45) is -1.94. The van der Waals surface area contributed by atoms with E-state index in [0.29, 0.717) is 5.58 Å². The molecule has 1 amide bonds. The predicted octanol–water partition coefficient (Wildman–Crippen LogP) is 4.51. The van der Waals surface area contributed by atoms with Crippen molar-refractivity contribution in [2.24, 2.45) is 0 Å². The smallest absolute Gasteiger partial charge is 0.417 e. The minimum Gasteiger partial charge on any atom is -0.464 e. The van der Waals surface area contributed by atoms with Crippen LogP contribution in [0.3, 0.4) is 0 Å². The van der Waals surface area contributed by atoms with Crippen molar-refractivity contribution >= 4 is 33.3 Å². The molecular formula is C22H15F3N4O2. The molecule has 2 aromatic carbocycles. The van der Waals surface area contributed by atoms with Gasteiger partial charge in [-0.15, -0.1) is 10.2 Å². The number of nitrogens with one attached hydrogen (secondary N) is 1. The van der Waals surface area contributed by atoms with Crippen molar-refractivity contribution in [2.75, 3.05) is 0 Å². The Hall–Kier alpha value is -3.88. The number of hydrogen-bond acceptors (Lipinski definition) is 4. The molecule has 0 radical (unpaired) electrons. The van der Waals surface area contributed by atoms with E-state index in [1.54, 1.807) is 6.26 Å². The molecule has 0 aliphatic heterocycles. The number of amides is 1. The normalized spacial score (nSPS) is 12.1. The minimum atomic E-state index is -4.48. The van der Waals surface area contributed by atoms with Gasteiger partial charge >= 0.3 is 6.18 Å². The van der Waals surface area contributed by atoms with Crippen molar-refractivity contribution in [2.45, 2.75) is 19.1 Å². The molecular weight excluding hydrogens is 409 g/mol. The molecule has 0 atom stereocenters. The first-order valence-electron chi connectivity index (χ1n) is 9.45. The molecule has 0 unspecified atom stereocenters. The van der Waals surface area contributed by atoms with Crippen LogP contribution in [0.5, 0.6) is 0 Å². The van der Waals surface area contributed by atoms with Crippen molar-refractivity contribution in [3.05, 3.63) is 77.9 Å². The number of alkyl halides is 3. The van der Waals surface area contributed by atoms with Gasteiger partial charge in [-0.1, -0.05) is 30.3 Å². The van der Waals surface area contributed by atoms with Gasteiger partial charge in [0.2, 0.25) is 5.91 Å². The molecule has 156 valence electrons. The number of fused-ring (bicyclic) bond motifs is 4. The maximum Gasteiger partial charge on any atom is 0.417 e. The van der Waals surface area contributed by atoms with E-state index >= 15 is 0 Å². The van der Waals surface area contributed by atoms with Crippen LogP contribution in [0, 0.1) is 0 Å². The molecule has 0 spiro atoms. The molecule has 1 N–H and O–H groups in total. The molecule has 0 saturated carbocycles. The number of furan rings is 1. The zero-order valence-electron chi connectivity index (χ0n) is 16.0. The standard InChI is InChI=1S/C22H15F3N4O2/c23-22(24,25)15-6-8-18-27-28-19(29(18)11-15)10-26-20(30)9-14-12-31-17-7-5-13-3-1-2-4-16(13)21(14)17/h1-8,11-12H,9-10H2,(H,26,30). The van der Waals surface area contributed by atoms with Crippen molar-refractivity contribution in [1.82, 2.24) is 19.9 Å². The summed E-state index contributed by atoms with van der Waals surface area (Å²) in [5.74, 6) is -0.101. The highest BCUT2D eigenvalue weighted by Gasteiger charge is 2.31. The number of rotatable bonds is 4. The predicted molar refractivity (Wildman–Crippen MR) is 107 cm³/mol. The largest absolute Gasteiger partial charge is 0.464 e. The van der Waals surface area contributed by atoms with E-state index in [-0.39, 0.29) is 30.3 Å². The van der Waals surface area contributed by atoms with Gasteiger partial charge in [-0.2, -0.15) is 13.2 Å². The highest BCUT2D eigenvalue weighted by atomic mass is 19.4. The van der Waals surface area contributed by atoms with E-state index in [1.165, 1.54) is 10.5 Å². The number of aromatic nitrogens is 3. The lowest BCUT2D eigenvalue weighted by Gasteiger charge is -2.08. The van der Waals surface area contributed by atoms with Crippen LogP contribution in [0.4, 0.5) is 13.2 Å². The number of hydrogen-bond donors (Lipinski definition) is 1. The topological polar surface area (TPSA) is 72.4 Å². The second-order valence-electron chi connectivity index (χ2n) is 7.13. The number of benzene rings is 2. The first kappa shape index (κ1) is 19.1. The zero-order valence-corrected chi connectivity index (χ0v) is 16.0. The Morgan fingerprint density at radius 2 is 1.90 bits per heavy atom. The Bertz CT molecular complexity index is 1440. The van der Waals surface area contributed by atoms with E-state index in [9.17, 15) is 18.0 Å². The molecule has 31 heavy (non-hydrogen) atoms. The van der Waals surface area contributed by atoms with E-state index in [0.717, 1.165) is 34.0 Å². The van der Waals surface area contributed by atoms with Gasteiger partial charge in [0.25, 0.3) is 0 Å². The fraction of sp³-hybridized carbons (Fsp3) is 0.136. The fourth-order valence-electron chi connectivity index (χ4n) is 3.64. The van der Waals surface area contributed by atoms with Gasteiger partial charge in [0.05, 0.1) is 24.8 Å². The van der Waals surface area contributed by atoms with Gasteiger partial charge in [0, 0.05) is 17.1 Å². The van der Waals surface area contributed by atoms with Crippen LogP contribution in [0.1, 0.15) is 17.0 Å². The van der Waals surface area contributed by atoms with Crippen LogP contribution in [0.15, 0.2) is 65.4 Å². The van der Waals surface area contributed by atoms with E-state index in [4.69, 9.17) is 4.42 Å². The summed E-state index contributed by atoms with van der Waals surface area (Å²) in [4.78, 5) is 12.6.